The lowest BCUT2D eigenvalue weighted by Crippen LogP contribution is -2.52. The Morgan fingerprint density at radius 3 is 2.23 bits per heavy atom. The lowest BCUT2D eigenvalue weighted by atomic mass is 10.1. The lowest BCUT2D eigenvalue weighted by Gasteiger charge is -2.33. The maximum atomic E-state index is 14.1. The van der Waals surface area contributed by atoms with Gasteiger partial charge in [-0.15, -0.1) is 0 Å². The van der Waals surface area contributed by atoms with Crippen LogP contribution in [0.3, 0.4) is 0 Å². The molecule has 2 amide bonds. The number of benzene rings is 3. The van der Waals surface area contributed by atoms with Crippen LogP contribution < -0.4 is 9.62 Å². The minimum Gasteiger partial charge on any atom is -0.354 e. The molecule has 9 heteroatoms. The smallest absolute Gasteiger partial charge is 0.264 e. The van der Waals surface area contributed by atoms with E-state index in [1.54, 1.807) is 54.6 Å². The molecule has 0 aliphatic carbocycles. The maximum Gasteiger partial charge on any atom is 0.264 e. The summed E-state index contributed by atoms with van der Waals surface area (Å²) in [6, 6.07) is 19.7. The molecule has 3 aromatic rings. The third kappa shape index (κ3) is 7.64. The highest BCUT2D eigenvalue weighted by Gasteiger charge is 2.34. The van der Waals surface area contributed by atoms with E-state index in [0.717, 1.165) is 33.8 Å². The largest absolute Gasteiger partial charge is 0.354 e. The molecule has 40 heavy (non-hydrogen) atoms. The molecule has 1 N–H and O–H groups in total. The van der Waals surface area contributed by atoms with Crippen molar-refractivity contribution in [3.63, 3.8) is 0 Å². The zero-order chi connectivity index (χ0) is 29.3. The van der Waals surface area contributed by atoms with Crippen LogP contribution in [0.25, 0.3) is 0 Å². The van der Waals surface area contributed by atoms with Crippen LogP contribution in [0, 0.1) is 13.8 Å². The summed E-state index contributed by atoms with van der Waals surface area (Å²) in [7, 11) is -4.10. The van der Waals surface area contributed by atoms with Crippen molar-refractivity contribution in [3.8, 4) is 0 Å². The van der Waals surface area contributed by atoms with E-state index in [2.05, 4.69) is 5.32 Å². The Bertz CT molecular complexity index is 1400. The number of aryl methyl sites for hydroxylation is 1. The Morgan fingerprint density at radius 1 is 0.925 bits per heavy atom. The van der Waals surface area contributed by atoms with Crippen LogP contribution in [0.1, 0.15) is 49.8 Å². The summed E-state index contributed by atoms with van der Waals surface area (Å²) in [4.78, 5) is 28.9. The number of hydrogen-bond donors (Lipinski definition) is 1. The molecule has 0 saturated carbocycles. The van der Waals surface area contributed by atoms with Gasteiger partial charge in [0.2, 0.25) is 11.8 Å². The van der Waals surface area contributed by atoms with E-state index >= 15 is 0 Å². The van der Waals surface area contributed by atoms with Crippen LogP contribution >= 0.6 is 11.6 Å². The Labute approximate surface area is 243 Å². The standard InChI is InChI=1S/C31H38ClN3O4S/c1-5-7-20-33-31(37)28(6-2)34(21-25-16-18-26(32)19-17-25)30(36)22-35(29-15-11-12-23(3)24(29)4)40(38,39)27-13-9-8-10-14-27/h8-19,28H,5-7,20-22H2,1-4H3,(H,33,37)/t28-/m1/s1. The Morgan fingerprint density at radius 2 is 1.60 bits per heavy atom. The molecule has 214 valence electrons. The number of hydrogen-bond acceptors (Lipinski definition) is 4. The first kappa shape index (κ1) is 31.2. The van der Waals surface area contributed by atoms with Gasteiger partial charge >= 0.3 is 0 Å². The minimum absolute atomic E-state index is 0.0808. The van der Waals surface area contributed by atoms with Gasteiger partial charge in [0.1, 0.15) is 12.6 Å². The van der Waals surface area contributed by atoms with Crippen molar-refractivity contribution in [2.45, 2.75) is 64.4 Å². The molecule has 3 rings (SSSR count). The molecule has 0 spiro atoms. The number of amides is 2. The molecule has 0 saturated heterocycles. The van der Waals surface area contributed by atoms with Gasteiger partial charge in [0, 0.05) is 18.1 Å². The van der Waals surface area contributed by atoms with E-state index in [1.807, 2.05) is 33.8 Å². The molecule has 0 aliphatic heterocycles. The van der Waals surface area contributed by atoms with Gasteiger partial charge in [0.05, 0.1) is 10.6 Å². The van der Waals surface area contributed by atoms with Gasteiger partial charge in [0.25, 0.3) is 10.0 Å². The number of unbranched alkanes of at least 4 members (excludes halogenated alkanes) is 1. The Hall–Kier alpha value is -3.36. The van der Waals surface area contributed by atoms with Gasteiger partial charge < -0.3 is 10.2 Å². The molecule has 1 atom stereocenters. The second-order valence-corrected chi connectivity index (χ2v) is 12.1. The van der Waals surface area contributed by atoms with Crippen LogP contribution in [0.2, 0.25) is 5.02 Å². The number of halogens is 1. The molecular weight excluding hydrogens is 546 g/mol. The van der Waals surface area contributed by atoms with Gasteiger partial charge in [-0.3, -0.25) is 13.9 Å². The van der Waals surface area contributed by atoms with Crippen LogP contribution in [0.15, 0.2) is 77.7 Å². The highest BCUT2D eigenvalue weighted by molar-refractivity contribution is 7.92. The molecule has 0 heterocycles. The van der Waals surface area contributed by atoms with Crippen molar-refractivity contribution in [1.82, 2.24) is 10.2 Å². The molecule has 0 bridgehead atoms. The molecule has 0 aromatic heterocycles. The number of rotatable bonds is 13. The van der Waals surface area contributed by atoms with E-state index in [0.29, 0.717) is 23.7 Å². The first-order chi connectivity index (χ1) is 19.1. The van der Waals surface area contributed by atoms with Crippen molar-refractivity contribution < 1.29 is 18.0 Å². The highest BCUT2D eigenvalue weighted by Crippen LogP contribution is 2.29. The monoisotopic (exact) mass is 583 g/mol. The van der Waals surface area contributed by atoms with Crippen molar-refractivity contribution in [1.29, 1.82) is 0 Å². The number of carbonyl (C=O) groups is 2. The molecule has 0 unspecified atom stereocenters. The number of anilines is 1. The van der Waals surface area contributed by atoms with E-state index < -0.39 is 28.5 Å². The molecule has 0 radical (unpaired) electrons. The summed E-state index contributed by atoms with van der Waals surface area (Å²) in [6.07, 6.45) is 2.11. The summed E-state index contributed by atoms with van der Waals surface area (Å²) in [5.41, 5.74) is 2.85. The van der Waals surface area contributed by atoms with E-state index in [4.69, 9.17) is 11.6 Å². The quantitative estimate of drug-likeness (QED) is 0.255. The summed E-state index contributed by atoms with van der Waals surface area (Å²) in [5, 5.41) is 3.49. The van der Waals surface area contributed by atoms with Crippen LogP contribution in [-0.2, 0) is 26.2 Å². The molecule has 0 fully saturated rings. The fourth-order valence-electron chi connectivity index (χ4n) is 4.45. The van der Waals surface area contributed by atoms with Crippen molar-refractivity contribution in [2.24, 2.45) is 0 Å². The van der Waals surface area contributed by atoms with Crippen molar-refractivity contribution >= 4 is 39.1 Å². The average molecular weight is 584 g/mol. The Kier molecular flexibility index (Phi) is 11.2. The fourth-order valence-corrected chi connectivity index (χ4v) is 6.07. The zero-order valence-electron chi connectivity index (χ0n) is 23.6. The number of nitrogens with zero attached hydrogens (tertiary/aromatic N) is 2. The minimum atomic E-state index is -4.10. The van der Waals surface area contributed by atoms with Crippen molar-refractivity contribution in [2.75, 3.05) is 17.4 Å². The molecule has 7 nitrogen and oxygen atoms in total. The van der Waals surface area contributed by atoms with E-state index in [-0.39, 0.29) is 17.3 Å². The van der Waals surface area contributed by atoms with Crippen molar-refractivity contribution in [3.05, 3.63) is 94.5 Å². The normalized spacial score (nSPS) is 12.0. The van der Waals surface area contributed by atoms with Crippen LogP contribution in [-0.4, -0.2) is 44.3 Å². The predicted octanol–water partition coefficient (Wildman–Crippen LogP) is 5.88. The summed E-state index contributed by atoms with van der Waals surface area (Å²) in [6.45, 7) is 7.78. The van der Waals surface area contributed by atoms with E-state index in [1.165, 1.54) is 17.0 Å². The van der Waals surface area contributed by atoms with Gasteiger partial charge in [0.15, 0.2) is 0 Å². The third-order valence-electron chi connectivity index (χ3n) is 6.94. The molecule has 0 aliphatic rings. The topological polar surface area (TPSA) is 86.8 Å². The first-order valence-electron chi connectivity index (χ1n) is 13.6. The summed E-state index contributed by atoms with van der Waals surface area (Å²) in [5.74, 6) is -0.740. The second kappa shape index (κ2) is 14.3. The third-order valence-corrected chi connectivity index (χ3v) is 8.96. The van der Waals surface area contributed by atoms with Gasteiger partial charge in [-0.25, -0.2) is 8.42 Å². The van der Waals surface area contributed by atoms with Gasteiger partial charge in [-0.1, -0.05) is 74.3 Å². The highest BCUT2D eigenvalue weighted by atomic mass is 35.5. The Balaban J connectivity index is 2.06. The number of nitrogens with one attached hydrogen (secondary N) is 1. The number of sulfonamides is 1. The van der Waals surface area contributed by atoms with Crippen LogP contribution in [0.5, 0.6) is 0 Å². The fraction of sp³-hybridized carbons (Fsp3) is 0.355. The van der Waals surface area contributed by atoms with Gasteiger partial charge in [-0.2, -0.15) is 0 Å². The van der Waals surface area contributed by atoms with Crippen LogP contribution in [0.4, 0.5) is 5.69 Å². The lowest BCUT2D eigenvalue weighted by molar-refractivity contribution is -0.140. The summed E-state index contributed by atoms with van der Waals surface area (Å²) >= 11 is 6.08. The maximum absolute atomic E-state index is 14.1. The number of carbonyl (C=O) groups excluding carboxylic acids is 2. The van der Waals surface area contributed by atoms with Gasteiger partial charge in [-0.05, 0) is 73.7 Å². The summed E-state index contributed by atoms with van der Waals surface area (Å²) < 4.78 is 29.1. The SMILES string of the molecule is CCCCNC(=O)[C@@H](CC)N(Cc1ccc(Cl)cc1)C(=O)CN(c1cccc(C)c1C)S(=O)(=O)c1ccccc1. The molecular formula is C31H38ClN3O4S. The average Bonchev–Trinajstić information content (AvgIpc) is 2.95. The van der Waals surface area contributed by atoms with E-state index in [9.17, 15) is 18.0 Å². The zero-order valence-corrected chi connectivity index (χ0v) is 25.1. The predicted molar refractivity (Wildman–Crippen MR) is 161 cm³/mol. The molecule has 3 aromatic carbocycles. The second-order valence-electron chi connectivity index (χ2n) is 9.76. The first-order valence-corrected chi connectivity index (χ1v) is 15.4.